The van der Waals surface area contributed by atoms with Gasteiger partial charge in [-0.1, -0.05) is 36.4 Å². The van der Waals surface area contributed by atoms with E-state index in [9.17, 15) is 10.1 Å². The van der Waals surface area contributed by atoms with Gasteiger partial charge in [-0.15, -0.1) is 0 Å². The second-order valence-electron chi connectivity index (χ2n) is 5.63. The van der Waals surface area contributed by atoms with Crippen LogP contribution in [0.25, 0.3) is 11.1 Å². The van der Waals surface area contributed by atoms with Crippen LogP contribution in [0.4, 0.5) is 17.3 Å². The van der Waals surface area contributed by atoms with E-state index >= 15 is 0 Å². The van der Waals surface area contributed by atoms with Gasteiger partial charge in [-0.25, -0.2) is 9.97 Å². The minimum absolute atomic E-state index is 0.0350. The van der Waals surface area contributed by atoms with E-state index in [-0.39, 0.29) is 16.6 Å². The summed E-state index contributed by atoms with van der Waals surface area (Å²) in [6, 6.07) is 14.9. The van der Waals surface area contributed by atoms with Gasteiger partial charge in [-0.3, -0.25) is 10.1 Å². The first-order valence-corrected chi connectivity index (χ1v) is 7.66. The van der Waals surface area contributed by atoms with Crippen molar-refractivity contribution in [2.45, 2.75) is 6.54 Å². The van der Waals surface area contributed by atoms with Crippen LogP contribution in [-0.4, -0.2) is 21.9 Å². The molecule has 0 spiro atoms. The highest BCUT2D eigenvalue weighted by Crippen LogP contribution is 2.33. The van der Waals surface area contributed by atoms with Crippen molar-refractivity contribution in [1.29, 1.82) is 0 Å². The second kappa shape index (κ2) is 6.96. The van der Waals surface area contributed by atoms with Crippen LogP contribution < -0.4 is 10.6 Å². The molecule has 2 N–H and O–H groups in total. The van der Waals surface area contributed by atoms with Crippen molar-refractivity contribution in [2.75, 3.05) is 17.7 Å². The highest BCUT2D eigenvalue weighted by molar-refractivity contribution is 5.73. The molecule has 0 amide bonds. The Kier molecular flexibility index (Phi) is 4.56. The number of nitrogen functional groups attached to an aromatic ring is 1. The first-order chi connectivity index (χ1) is 12.0. The van der Waals surface area contributed by atoms with Crippen molar-refractivity contribution >= 4 is 17.3 Å². The Bertz CT molecular complexity index is 882. The number of aromatic nitrogens is 2. The van der Waals surface area contributed by atoms with Crippen molar-refractivity contribution in [1.82, 2.24) is 9.97 Å². The van der Waals surface area contributed by atoms with Crippen molar-refractivity contribution in [3.8, 4) is 11.1 Å². The number of anilines is 2. The van der Waals surface area contributed by atoms with Crippen LogP contribution in [0, 0.1) is 10.1 Å². The fourth-order valence-corrected chi connectivity index (χ4v) is 2.60. The van der Waals surface area contributed by atoms with Crippen LogP contribution in [0.2, 0.25) is 0 Å². The summed E-state index contributed by atoms with van der Waals surface area (Å²) in [5.41, 5.74) is 8.49. The molecule has 1 aromatic heterocycles. The Labute approximate surface area is 144 Å². The number of rotatable bonds is 5. The summed E-state index contributed by atoms with van der Waals surface area (Å²) >= 11 is 0. The summed E-state index contributed by atoms with van der Waals surface area (Å²) in [5.74, 6) is 0.164. The summed E-state index contributed by atoms with van der Waals surface area (Å²) in [7, 11) is 1.83. The van der Waals surface area contributed by atoms with Gasteiger partial charge in [0.1, 0.15) is 5.69 Å². The maximum atomic E-state index is 11.5. The quantitative estimate of drug-likeness (QED) is 0.567. The van der Waals surface area contributed by atoms with Crippen LogP contribution in [0.5, 0.6) is 0 Å². The molecule has 126 valence electrons. The molecule has 25 heavy (non-hydrogen) atoms. The summed E-state index contributed by atoms with van der Waals surface area (Å²) in [5, 5.41) is 11.5. The molecule has 7 heteroatoms. The van der Waals surface area contributed by atoms with Gasteiger partial charge in [0.05, 0.1) is 4.92 Å². The fraction of sp³-hybridized carbons (Fsp3) is 0.111. The predicted octanol–water partition coefficient (Wildman–Crippen LogP) is 3.27. The average Bonchev–Trinajstić information content (AvgIpc) is 2.62. The van der Waals surface area contributed by atoms with Gasteiger partial charge >= 0.3 is 0 Å². The summed E-state index contributed by atoms with van der Waals surface area (Å²) in [6.07, 6.45) is 3.10. The lowest BCUT2D eigenvalue weighted by Crippen LogP contribution is -2.17. The van der Waals surface area contributed by atoms with Gasteiger partial charge in [-0.2, -0.15) is 0 Å². The molecule has 0 aliphatic rings. The van der Waals surface area contributed by atoms with Gasteiger partial charge in [0, 0.05) is 37.6 Å². The van der Waals surface area contributed by atoms with Crippen LogP contribution >= 0.6 is 0 Å². The first-order valence-electron chi connectivity index (χ1n) is 7.66. The Morgan fingerprint density at radius 2 is 1.76 bits per heavy atom. The van der Waals surface area contributed by atoms with Gasteiger partial charge < -0.3 is 10.6 Å². The molecule has 0 fully saturated rings. The molecular weight excluding hydrogens is 318 g/mol. The SMILES string of the molecule is CN(Cc1ccccc1)c1ccc(-c2cnc(N)nc2)cc1[N+](=O)[O-]. The summed E-state index contributed by atoms with van der Waals surface area (Å²) < 4.78 is 0. The Hall–Kier alpha value is -3.48. The van der Waals surface area contributed by atoms with E-state index in [0.717, 1.165) is 5.56 Å². The Morgan fingerprint density at radius 3 is 2.40 bits per heavy atom. The number of hydrogen-bond donors (Lipinski definition) is 1. The van der Waals surface area contributed by atoms with E-state index in [1.54, 1.807) is 18.5 Å². The number of benzene rings is 2. The zero-order chi connectivity index (χ0) is 17.8. The number of nitro groups is 1. The van der Waals surface area contributed by atoms with E-state index in [1.807, 2.05) is 48.3 Å². The van der Waals surface area contributed by atoms with Crippen LogP contribution in [0.3, 0.4) is 0 Å². The minimum atomic E-state index is -0.377. The smallest absolute Gasteiger partial charge is 0.293 e. The van der Waals surface area contributed by atoms with Crippen LogP contribution in [0.1, 0.15) is 5.56 Å². The van der Waals surface area contributed by atoms with E-state index in [1.165, 1.54) is 6.07 Å². The Morgan fingerprint density at radius 1 is 1.08 bits per heavy atom. The second-order valence-corrected chi connectivity index (χ2v) is 5.63. The molecule has 1 heterocycles. The van der Waals surface area contributed by atoms with Gasteiger partial charge in [-0.05, 0) is 17.2 Å². The van der Waals surface area contributed by atoms with Crippen molar-refractivity contribution in [3.05, 3.63) is 76.6 Å². The summed E-state index contributed by atoms with van der Waals surface area (Å²) in [4.78, 5) is 20.9. The van der Waals surface area contributed by atoms with Crippen LogP contribution in [-0.2, 0) is 6.54 Å². The third kappa shape index (κ3) is 3.72. The molecule has 7 nitrogen and oxygen atoms in total. The van der Waals surface area contributed by atoms with Crippen LogP contribution in [0.15, 0.2) is 60.9 Å². The third-order valence-corrected chi connectivity index (χ3v) is 3.85. The largest absolute Gasteiger partial charge is 0.368 e. The lowest BCUT2D eigenvalue weighted by molar-refractivity contribution is -0.384. The van der Waals surface area contributed by atoms with E-state index < -0.39 is 0 Å². The van der Waals surface area contributed by atoms with E-state index in [2.05, 4.69) is 9.97 Å². The monoisotopic (exact) mass is 335 g/mol. The lowest BCUT2D eigenvalue weighted by atomic mass is 10.1. The lowest BCUT2D eigenvalue weighted by Gasteiger charge is -2.19. The first kappa shape index (κ1) is 16.4. The molecular formula is C18H17N5O2. The molecule has 3 aromatic rings. The van der Waals surface area contributed by atoms with Crippen molar-refractivity contribution in [3.63, 3.8) is 0 Å². The fourth-order valence-electron chi connectivity index (χ4n) is 2.60. The number of hydrogen-bond acceptors (Lipinski definition) is 6. The predicted molar refractivity (Wildman–Crippen MR) is 97.1 cm³/mol. The van der Waals surface area contributed by atoms with Crippen molar-refractivity contribution < 1.29 is 4.92 Å². The van der Waals surface area contributed by atoms with E-state index in [0.29, 0.717) is 23.4 Å². The topological polar surface area (TPSA) is 98.2 Å². The molecule has 0 saturated heterocycles. The van der Waals surface area contributed by atoms with Gasteiger partial charge in [0.2, 0.25) is 5.95 Å². The number of nitrogens with zero attached hydrogens (tertiary/aromatic N) is 4. The number of nitrogens with two attached hydrogens (primary N) is 1. The standard InChI is InChI=1S/C18H17N5O2/c1-22(12-13-5-3-2-4-6-13)16-8-7-14(9-17(16)23(24)25)15-10-20-18(19)21-11-15/h2-11H,12H2,1H3,(H2,19,20,21). The minimum Gasteiger partial charge on any atom is -0.368 e. The molecule has 0 aliphatic heterocycles. The molecule has 2 aromatic carbocycles. The highest BCUT2D eigenvalue weighted by Gasteiger charge is 2.19. The molecule has 0 unspecified atom stereocenters. The maximum absolute atomic E-state index is 11.5. The zero-order valence-electron chi connectivity index (χ0n) is 13.7. The molecule has 0 atom stereocenters. The molecule has 0 radical (unpaired) electrons. The zero-order valence-corrected chi connectivity index (χ0v) is 13.7. The van der Waals surface area contributed by atoms with Gasteiger partial charge in [0.25, 0.3) is 5.69 Å². The third-order valence-electron chi connectivity index (χ3n) is 3.85. The maximum Gasteiger partial charge on any atom is 0.293 e. The highest BCUT2D eigenvalue weighted by atomic mass is 16.6. The molecule has 0 bridgehead atoms. The van der Waals surface area contributed by atoms with E-state index in [4.69, 9.17) is 5.73 Å². The average molecular weight is 335 g/mol. The molecule has 0 saturated carbocycles. The molecule has 0 aliphatic carbocycles. The van der Waals surface area contributed by atoms with Gasteiger partial charge in [0.15, 0.2) is 0 Å². The number of nitro benzene ring substituents is 1. The Balaban J connectivity index is 1.94. The normalized spacial score (nSPS) is 10.4. The molecule has 3 rings (SSSR count). The summed E-state index contributed by atoms with van der Waals surface area (Å²) in [6.45, 7) is 0.575. The van der Waals surface area contributed by atoms with Crippen molar-refractivity contribution in [2.24, 2.45) is 0 Å².